The van der Waals surface area contributed by atoms with Gasteiger partial charge in [-0.05, 0) is 13.3 Å². The molecule has 2 N–H and O–H groups in total. The summed E-state index contributed by atoms with van der Waals surface area (Å²) in [6.45, 7) is 7.75. The van der Waals surface area contributed by atoms with Crippen molar-refractivity contribution >= 4 is 0 Å². The molecule has 1 atom stereocenters. The lowest BCUT2D eigenvalue weighted by atomic mass is 9.89. The second-order valence-corrected chi connectivity index (χ2v) is 4.48. The van der Waals surface area contributed by atoms with Crippen LogP contribution in [0.3, 0.4) is 0 Å². The molecule has 0 aliphatic carbocycles. The molecule has 0 fully saturated rings. The molecule has 0 saturated heterocycles. The summed E-state index contributed by atoms with van der Waals surface area (Å²) in [5.74, 6) is 1.33. The topological polar surface area (TPSA) is 71.2 Å². The largest absolute Gasteiger partial charge is 0.396 e. The molecule has 0 aromatic carbocycles. The maximum atomic E-state index is 9.22. The van der Waals surface area contributed by atoms with E-state index in [2.05, 4.69) is 29.3 Å². The number of hydrogen-bond acceptors (Lipinski definition) is 5. The van der Waals surface area contributed by atoms with Gasteiger partial charge < -0.3 is 14.9 Å². The maximum absolute atomic E-state index is 9.22. The minimum absolute atomic E-state index is 0.0369. The first-order valence-electron chi connectivity index (χ1n) is 5.70. The van der Waals surface area contributed by atoms with E-state index in [9.17, 15) is 5.11 Å². The molecule has 0 spiro atoms. The highest BCUT2D eigenvalue weighted by Crippen LogP contribution is 2.18. The highest BCUT2D eigenvalue weighted by Gasteiger charge is 2.20. The van der Waals surface area contributed by atoms with Gasteiger partial charge in [-0.3, -0.25) is 0 Å². The van der Waals surface area contributed by atoms with Crippen LogP contribution in [0.2, 0.25) is 0 Å². The van der Waals surface area contributed by atoms with Gasteiger partial charge in [-0.15, -0.1) is 0 Å². The lowest BCUT2D eigenvalue weighted by Crippen LogP contribution is -2.35. The summed E-state index contributed by atoms with van der Waals surface area (Å²) in [5.41, 5.74) is -0.0369. The minimum atomic E-state index is -0.0369. The normalized spacial score (nSPS) is 15.0. The Kier molecular flexibility index (Phi) is 4.89. The SMILES string of the molecule is CCC(C)(CO)CNCCc1nc(C)no1. The van der Waals surface area contributed by atoms with Gasteiger partial charge in [-0.2, -0.15) is 4.98 Å². The van der Waals surface area contributed by atoms with Gasteiger partial charge in [0.25, 0.3) is 0 Å². The van der Waals surface area contributed by atoms with Crippen molar-refractivity contribution in [2.45, 2.75) is 33.6 Å². The van der Waals surface area contributed by atoms with E-state index in [-0.39, 0.29) is 12.0 Å². The molecule has 1 aromatic rings. The highest BCUT2D eigenvalue weighted by atomic mass is 16.5. The molecule has 1 unspecified atom stereocenters. The Hall–Kier alpha value is -0.940. The molecule has 92 valence electrons. The molecule has 0 amide bonds. The number of aromatic nitrogens is 2. The van der Waals surface area contributed by atoms with E-state index in [4.69, 9.17) is 4.52 Å². The Morgan fingerprint density at radius 1 is 1.50 bits per heavy atom. The number of nitrogens with one attached hydrogen (secondary N) is 1. The molecule has 5 heteroatoms. The third-order valence-corrected chi connectivity index (χ3v) is 2.87. The van der Waals surface area contributed by atoms with Crippen molar-refractivity contribution in [2.24, 2.45) is 5.41 Å². The first-order chi connectivity index (χ1) is 7.59. The first kappa shape index (κ1) is 13.1. The summed E-state index contributed by atoms with van der Waals surface area (Å²) < 4.78 is 5.00. The summed E-state index contributed by atoms with van der Waals surface area (Å²) >= 11 is 0. The third-order valence-electron chi connectivity index (χ3n) is 2.87. The fourth-order valence-corrected chi connectivity index (χ4v) is 1.32. The standard InChI is InChI=1S/C11H21N3O2/c1-4-11(3,8-15)7-12-6-5-10-13-9(2)14-16-10/h12,15H,4-8H2,1-3H3. The van der Waals surface area contributed by atoms with Gasteiger partial charge in [0.05, 0.1) is 0 Å². The summed E-state index contributed by atoms with van der Waals surface area (Å²) in [6.07, 6.45) is 1.68. The second kappa shape index (κ2) is 5.96. The van der Waals surface area contributed by atoms with Crippen molar-refractivity contribution in [2.75, 3.05) is 19.7 Å². The van der Waals surface area contributed by atoms with Crippen LogP contribution in [0.4, 0.5) is 0 Å². The Labute approximate surface area is 96.2 Å². The van der Waals surface area contributed by atoms with Gasteiger partial charge in [-0.1, -0.05) is 19.0 Å². The number of aliphatic hydroxyl groups is 1. The van der Waals surface area contributed by atoms with Crippen molar-refractivity contribution in [3.8, 4) is 0 Å². The van der Waals surface area contributed by atoms with Crippen LogP contribution in [0.5, 0.6) is 0 Å². The Morgan fingerprint density at radius 2 is 2.25 bits per heavy atom. The van der Waals surface area contributed by atoms with E-state index < -0.39 is 0 Å². The van der Waals surface area contributed by atoms with Crippen LogP contribution in [0.15, 0.2) is 4.52 Å². The van der Waals surface area contributed by atoms with Gasteiger partial charge in [0, 0.05) is 31.5 Å². The van der Waals surface area contributed by atoms with E-state index in [1.54, 1.807) is 6.92 Å². The molecule has 0 aliphatic rings. The Morgan fingerprint density at radius 3 is 2.75 bits per heavy atom. The van der Waals surface area contributed by atoms with E-state index >= 15 is 0 Å². The second-order valence-electron chi connectivity index (χ2n) is 4.48. The third kappa shape index (κ3) is 3.90. The number of hydrogen-bond donors (Lipinski definition) is 2. The molecule has 0 radical (unpaired) electrons. The Balaban J connectivity index is 2.21. The highest BCUT2D eigenvalue weighted by molar-refractivity contribution is 4.83. The average molecular weight is 227 g/mol. The molecule has 0 saturated carbocycles. The van der Waals surface area contributed by atoms with Crippen molar-refractivity contribution in [3.05, 3.63) is 11.7 Å². The molecule has 1 aromatic heterocycles. The lowest BCUT2D eigenvalue weighted by molar-refractivity contribution is 0.135. The summed E-state index contributed by atoms with van der Waals surface area (Å²) in [5, 5.41) is 16.2. The van der Waals surface area contributed by atoms with E-state index in [0.717, 1.165) is 25.9 Å². The van der Waals surface area contributed by atoms with Crippen LogP contribution in [-0.4, -0.2) is 34.9 Å². The number of aliphatic hydroxyl groups excluding tert-OH is 1. The van der Waals surface area contributed by atoms with Crippen LogP contribution in [0.25, 0.3) is 0 Å². The van der Waals surface area contributed by atoms with Gasteiger partial charge in [-0.25, -0.2) is 0 Å². The fourth-order valence-electron chi connectivity index (χ4n) is 1.32. The molecule has 1 heterocycles. The smallest absolute Gasteiger partial charge is 0.227 e. The van der Waals surface area contributed by atoms with Crippen molar-refractivity contribution in [3.63, 3.8) is 0 Å². The van der Waals surface area contributed by atoms with Gasteiger partial charge >= 0.3 is 0 Å². The maximum Gasteiger partial charge on any atom is 0.227 e. The molecular formula is C11H21N3O2. The van der Waals surface area contributed by atoms with Crippen LogP contribution < -0.4 is 5.32 Å². The number of nitrogens with zero attached hydrogens (tertiary/aromatic N) is 2. The van der Waals surface area contributed by atoms with Crippen molar-refractivity contribution < 1.29 is 9.63 Å². The molecule has 1 rings (SSSR count). The Bertz CT molecular complexity index is 308. The van der Waals surface area contributed by atoms with Crippen molar-refractivity contribution in [1.29, 1.82) is 0 Å². The van der Waals surface area contributed by atoms with Gasteiger partial charge in [0.2, 0.25) is 5.89 Å². The van der Waals surface area contributed by atoms with Crippen LogP contribution in [0, 0.1) is 12.3 Å². The zero-order valence-corrected chi connectivity index (χ0v) is 10.3. The predicted molar refractivity (Wildman–Crippen MR) is 61.1 cm³/mol. The zero-order valence-electron chi connectivity index (χ0n) is 10.3. The first-order valence-corrected chi connectivity index (χ1v) is 5.70. The van der Waals surface area contributed by atoms with Crippen LogP contribution in [0.1, 0.15) is 32.0 Å². The van der Waals surface area contributed by atoms with Crippen LogP contribution in [-0.2, 0) is 6.42 Å². The summed E-state index contributed by atoms with van der Waals surface area (Å²) in [6, 6.07) is 0. The average Bonchev–Trinajstić information content (AvgIpc) is 2.70. The minimum Gasteiger partial charge on any atom is -0.396 e. The fraction of sp³-hybridized carbons (Fsp3) is 0.818. The summed E-state index contributed by atoms with van der Waals surface area (Å²) in [4.78, 5) is 4.12. The monoisotopic (exact) mass is 227 g/mol. The quantitative estimate of drug-likeness (QED) is 0.678. The molecule has 0 aliphatic heterocycles. The van der Waals surface area contributed by atoms with Crippen LogP contribution >= 0.6 is 0 Å². The zero-order chi connectivity index (χ0) is 12.0. The molecule has 16 heavy (non-hydrogen) atoms. The van der Waals surface area contributed by atoms with Crippen molar-refractivity contribution in [1.82, 2.24) is 15.5 Å². The van der Waals surface area contributed by atoms with Gasteiger partial charge in [0.15, 0.2) is 5.82 Å². The lowest BCUT2D eigenvalue weighted by Gasteiger charge is -2.25. The number of rotatable bonds is 7. The molecule has 0 bridgehead atoms. The number of aryl methyl sites for hydroxylation is 1. The molecular weight excluding hydrogens is 206 g/mol. The molecule has 5 nitrogen and oxygen atoms in total. The summed E-state index contributed by atoms with van der Waals surface area (Å²) in [7, 11) is 0. The van der Waals surface area contributed by atoms with E-state index in [1.165, 1.54) is 0 Å². The van der Waals surface area contributed by atoms with E-state index in [0.29, 0.717) is 11.7 Å². The van der Waals surface area contributed by atoms with Gasteiger partial charge in [0.1, 0.15) is 0 Å². The predicted octanol–water partition coefficient (Wildman–Crippen LogP) is 0.919. The van der Waals surface area contributed by atoms with E-state index in [1.807, 2.05) is 0 Å².